The summed E-state index contributed by atoms with van der Waals surface area (Å²) in [4.78, 5) is 13.7. The van der Waals surface area contributed by atoms with Gasteiger partial charge in [0.25, 0.3) is 0 Å². The van der Waals surface area contributed by atoms with Gasteiger partial charge in [0, 0.05) is 25.7 Å². The molecule has 0 saturated carbocycles. The minimum Gasteiger partial charge on any atom is -0.311 e. The van der Waals surface area contributed by atoms with E-state index in [0.717, 1.165) is 22.4 Å². The zero-order valence-electron chi connectivity index (χ0n) is 15.0. The first-order chi connectivity index (χ1) is 11.7. The van der Waals surface area contributed by atoms with E-state index in [1.54, 1.807) is 23.1 Å². The van der Waals surface area contributed by atoms with Gasteiger partial charge in [-0.3, -0.25) is 4.79 Å². The van der Waals surface area contributed by atoms with Crippen LogP contribution < -0.4 is 9.62 Å². The zero-order chi connectivity index (χ0) is 18.6. The quantitative estimate of drug-likeness (QED) is 0.861. The molecular formula is C19H24N2O3S. The van der Waals surface area contributed by atoms with Crippen LogP contribution in [-0.4, -0.2) is 27.4 Å². The summed E-state index contributed by atoms with van der Waals surface area (Å²) in [5.74, 6) is -0.130. The van der Waals surface area contributed by atoms with Gasteiger partial charge >= 0.3 is 0 Å². The lowest BCUT2D eigenvalue weighted by Gasteiger charge is -2.21. The molecule has 0 aliphatic rings. The second-order valence-corrected chi connectivity index (χ2v) is 7.92. The Morgan fingerprint density at radius 1 is 1.00 bits per heavy atom. The molecule has 0 heterocycles. The van der Waals surface area contributed by atoms with Crippen LogP contribution in [-0.2, 0) is 14.8 Å². The number of nitrogens with zero attached hydrogens (tertiary/aromatic N) is 1. The number of carbonyl (C=O) groups is 1. The van der Waals surface area contributed by atoms with Gasteiger partial charge in [-0.2, -0.15) is 0 Å². The van der Waals surface area contributed by atoms with E-state index in [9.17, 15) is 13.2 Å². The van der Waals surface area contributed by atoms with E-state index in [-0.39, 0.29) is 23.9 Å². The Morgan fingerprint density at radius 3 is 2.20 bits per heavy atom. The molecule has 0 atom stereocenters. The van der Waals surface area contributed by atoms with Crippen LogP contribution in [0.5, 0.6) is 0 Å². The van der Waals surface area contributed by atoms with Gasteiger partial charge in [0.1, 0.15) is 0 Å². The number of amides is 1. The fourth-order valence-corrected chi connectivity index (χ4v) is 3.56. The lowest BCUT2D eigenvalue weighted by molar-refractivity contribution is -0.116. The number of rotatable bonds is 6. The summed E-state index contributed by atoms with van der Waals surface area (Å²) in [6.45, 7) is 7.66. The smallest absolute Gasteiger partial charge is 0.240 e. The molecule has 0 fully saturated rings. The zero-order valence-corrected chi connectivity index (χ0v) is 15.9. The second kappa shape index (κ2) is 7.80. The Balaban J connectivity index is 2.07. The third-order valence-corrected chi connectivity index (χ3v) is 5.60. The fourth-order valence-electron chi connectivity index (χ4n) is 2.45. The molecule has 0 saturated heterocycles. The van der Waals surface area contributed by atoms with Gasteiger partial charge in [0.2, 0.25) is 15.9 Å². The van der Waals surface area contributed by atoms with Crippen LogP contribution in [0.1, 0.15) is 23.6 Å². The predicted octanol–water partition coefficient (Wildman–Crippen LogP) is 2.94. The molecule has 5 nitrogen and oxygen atoms in total. The number of anilines is 1. The van der Waals surface area contributed by atoms with E-state index < -0.39 is 10.0 Å². The van der Waals surface area contributed by atoms with Gasteiger partial charge in [0.15, 0.2) is 0 Å². The van der Waals surface area contributed by atoms with Gasteiger partial charge in [-0.15, -0.1) is 0 Å². The predicted molar refractivity (Wildman–Crippen MR) is 100 cm³/mol. The Kier molecular flexibility index (Phi) is 5.98. The van der Waals surface area contributed by atoms with Gasteiger partial charge in [-0.05, 0) is 56.2 Å². The largest absolute Gasteiger partial charge is 0.311 e. The number of sulfonamides is 1. The number of hydrogen-bond donors (Lipinski definition) is 1. The van der Waals surface area contributed by atoms with E-state index >= 15 is 0 Å². The highest BCUT2D eigenvalue weighted by molar-refractivity contribution is 7.89. The molecule has 0 unspecified atom stereocenters. The van der Waals surface area contributed by atoms with Crippen molar-refractivity contribution in [1.29, 1.82) is 0 Å². The highest BCUT2D eigenvalue weighted by Gasteiger charge is 2.16. The molecule has 0 aliphatic heterocycles. The third kappa shape index (κ3) is 4.90. The number of hydrogen-bond acceptors (Lipinski definition) is 3. The maximum absolute atomic E-state index is 12.4. The van der Waals surface area contributed by atoms with Gasteiger partial charge in [0.05, 0.1) is 4.90 Å². The molecule has 0 aromatic heterocycles. The number of nitrogens with one attached hydrogen (secondary N) is 1. The van der Waals surface area contributed by atoms with E-state index in [1.165, 1.54) is 6.92 Å². The van der Waals surface area contributed by atoms with Crippen molar-refractivity contribution in [1.82, 2.24) is 4.72 Å². The van der Waals surface area contributed by atoms with Crippen LogP contribution >= 0.6 is 0 Å². The minimum absolute atomic E-state index is 0.130. The van der Waals surface area contributed by atoms with Crippen molar-refractivity contribution in [2.75, 3.05) is 18.0 Å². The van der Waals surface area contributed by atoms with Crippen molar-refractivity contribution in [3.63, 3.8) is 0 Å². The first-order valence-electron chi connectivity index (χ1n) is 8.12. The molecule has 25 heavy (non-hydrogen) atoms. The van der Waals surface area contributed by atoms with Crippen LogP contribution in [0, 0.1) is 20.8 Å². The number of carbonyl (C=O) groups excluding carboxylic acids is 1. The first-order valence-corrected chi connectivity index (χ1v) is 9.61. The number of aryl methyl sites for hydroxylation is 3. The molecule has 0 spiro atoms. The Morgan fingerprint density at radius 2 is 1.64 bits per heavy atom. The summed E-state index contributed by atoms with van der Waals surface area (Å²) in [7, 11) is -3.60. The van der Waals surface area contributed by atoms with Gasteiger partial charge in [-0.1, -0.05) is 23.8 Å². The Bertz CT molecular complexity index is 859. The summed E-state index contributed by atoms with van der Waals surface area (Å²) in [5.41, 5.74) is 3.82. The maximum atomic E-state index is 12.4. The highest BCUT2D eigenvalue weighted by Crippen LogP contribution is 2.16. The monoisotopic (exact) mass is 360 g/mol. The normalized spacial score (nSPS) is 11.4. The molecule has 0 bridgehead atoms. The molecule has 1 N–H and O–H groups in total. The van der Waals surface area contributed by atoms with Crippen LogP contribution in [0.25, 0.3) is 0 Å². The number of benzene rings is 2. The third-order valence-electron chi connectivity index (χ3n) is 4.14. The first kappa shape index (κ1) is 19.1. The fraction of sp³-hybridized carbons (Fsp3) is 0.316. The lowest BCUT2D eigenvalue weighted by Crippen LogP contribution is -2.37. The summed E-state index contributed by atoms with van der Waals surface area (Å²) in [6.07, 6.45) is 0. The van der Waals surface area contributed by atoms with Crippen molar-refractivity contribution >= 4 is 21.6 Å². The highest BCUT2D eigenvalue weighted by atomic mass is 32.2. The average molecular weight is 360 g/mol. The van der Waals surface area contributed by atoms with Crippen molar-refractivity contribution in [3.8, 4) is 0 Å². The summed E-state index contributed by atoms with van der Waals surface area (Å²) in [6, 6.07) is 12.6. The lowest BCUT2D eigenvalue weighted by atomic mass is 10.1. The summed E-state index contributed by atoms with van der Waals surface area (Å²) in [5, 5.41) is 0. The van der Waals surface area contributed by atoms with E-state index in [0.29, 0.717) is 0 Å². The van der Waals surface area contributed by atoms with Crippen LogP contribution in [0.4, 0.5) is 5.69 Å². The second-order valence-electron chi connectivity index (χ2n) is 6.15. The summed E-state index contributed by atoms with van der Waals surface area (Å²) >= 11 is 0. The van der Waals surface area contributed by atoms with Crippen LogP contribution in [0.3, 0.4) is 0 Å². The minimum atomic E-state index is -3.60. The van der Waals surface area contributed by atoms with Crippen molar-refractivity contribution in [3.05, 3.63) is 59.2 Å². The van der Waals surface area contributed by atoms with Crippen molar-refractivity contribution in [2.24, 2.45) is 0 Å². The molecular weight excluding hydrogens is 336 g/mol. The molecule has 0 aliphatic carbocycles. The van der Waals surface area contributed by atoms with Crippen molar-refractivity contribution in [2.45, 2.75) is 32.6 Å². The van der Waals surface area contributed by atoms with E-state index in [4.69, 9.17) is 0 Å². The van der Waals surface area contributed by atoms with Gasteiger partial charge in [-0.25, -0.2) is 13.1 Å². The molecule has 2 aromatic carbocycles. The van der Waals surface area contributed by atoms with Gasteiger partial charge < -0.3 is 4.90 Å². The maximum Gasteiger partial charge on any atom is 0.240 e. The Labute approximate surface area is 149 Å². The average Bonchev–Trinajstić information content (AvgIpc) is 2.55. The Hall–Kier alpha value is -2.18. The molecule has 1 amide bonds. The van der Waals surface area contributed by atoms with E-state index in [2.05, 4.69) is 4.72 Å². The molecule has 6 heteroatoms. The molecule has 2 aromatic rings. The summed E-state index contributed by atoms with van der Waals surface area (Å²) < 4.78 is 27.4. The van der Waals surface area contributed by atoms with Crippen molar-refractivity contribution < 1.29 is 13.2 Å². The molecule has 0 radical (unpaired) electrons. The van der Waals surface area contributed by atoms with Crippen LogP contribution in [0.15, 0.2) is 47.4 Å². The molecule has 2 rings (SSSR count). The van der Waals surface area contributed by atoms with Crippen LogP contribution in [0.2, 0.25) is 0 Å². The topological polar surface area (TPSA) is 66.5 Å². The standard InChI is InChI=1S/C19H24N2O3S/c1-14-5-8-18(9-6-14)21(17(4)22)12-11-20-25(23,24)19-10-7-15(2)16(3)13-19/h5-10,13,20H,11-12H2,1-4H3. The van der Waals surface area contributed by atoms with E-state index in [1.807, 2.05) is 45.0 Å². The SMILES string of the molecule is CC(=O)N(CCNS(=O)(=O)c1ccc(C)c(C)c1)c1ccc(C)cc1. The molecule has 134 valence electrons.